The third-order valence-corrected chi connectivity index (χ3v) is 3.08. The van der Waals surface area contributed by atoms with Crippen LogP contribution in [0.3, 0.4) is 0 Å². The van der Waals surface area contributed by atoms with Crippen molar-refractivity contribution in [2.24, 2.45) is 5.41 Å². The number of hydrogen-bond acceptors (Lipinski definition) is 4. The van der Waals surface area contributed by atoms with Crippen molar-refractivity contribution < 1.29 is 18.9 Å². The number of ether oxygens (including phenoxy) is 4. The first-order valence-electron chi connectivity index (χ1n) is 4.54. The highest BCUT2D eigenvalue weighted by molar-refractivity contribution is 4.97. The van der Waals surface area contributed by atoms with E-state index >= 15 is 0 Å². The van der Waals surface area contributed by atoms with Crippen molar-refractivity contribution in [1.29, 1.82) is 0 Å². The molecule has 2 aliphatic rings. The molecule has 2 fully saturated rings. The van der Waals surface area contributed by atoms with Crippen LogP contribution in [0, 0.1) is 5.41 Å². The summed E-state index contributed by atoms with van der Waals surface area (Å²) in [5, 5.41) is 0. The van der Waals surface area contributed by atoms with Gasteiger partial charge in [-0.1, -0.05) is 0 Å². The Morgan fingerprint density at radius 2 is 1.38 bits per heavy atom. The summed E-state index contributed by atoms with van der Waals surface area (Å²) in [6, 6.07) is 0. The zero-order chi connectivity index (χ0) is 9.36. The van der Waals surface area contributed by atoms with E-state index in [0.29, 0.717) is 33.4 Å². The van der Waals surface area contributed by atoms with Gasteiger partial charge in [0.2, 0.25) is 0 Å². The van der Waals surface area contributed by atoms with Gasteiger partial charge >= 0.3 is 0 Å². The lowest BCUT2D eigenvalue weighted by Crippen LogP contribution is -2.59. The Bertz CT molecular complexity index is 176. The number of hydrogen-bond donors (Lipinski definition) is 0. The highest BCUT2D eigenvalue weighted by Gasteiger charge is 2.50. The summed E-state index contributed by atoms with van der Waals surface area (Å²) in [5.41, 5.74) is -0.366. The van der Waals surface area contributed by atoms with E-state index in [0.717, 1.165) is 0 Å². The Morgan fingerprint density at radius 1 is 0.846 bits per heavy atom. The fraction of sp³-hybridized carbons (Fsp3) is 1.00. The van der Waals surface area contributed by atoms with Crippen LogP contribution in [0.2, 0.25) is 0 Å². The molecule has 2 heterocycles. The predicted molar refractivity (Wildman–Crippen MR) is 45.2 cm³/mol. The molecule has 2 rings (SSSR count). The van der Waals surface area contributed by atoms with Gasteiger partial charge in [0.1, 0.15) is 13.6 Å². The second kappa shape index (κ2) is 3.20. The standard InChI is InChI=1S/C9H16O4/c1-8(2)9(5-12-7-13-8)3-10-6-11-4-9/h3-7H2,1-2H3. The first-order chi connectivity index (χ1) is 6.16. The summed E-state index contributed by atoms with van der Waals surface area (Å²) in [6.07, 6.45) is 0. The van der Waals surface area contributed by atoms with Crippen molar-refractivity contribution in [3.8, 4) is 0 Å². The van der Waals surface area contributed by atoms with E-state index in [4.69, 9.17) is 18.9 Å². The highest BCUT2D eigenvalue weighted by atomic mass is 16.7. The molecule has 0 bridgehead atoms. The molecule has 0 N–H and O–H groups in total. The van der Waals surface area contributed by atoms with E-state index < -0.39 is 0 Å². The Balaban J connectivity index is 2.16. The number of rotatable bonds is 0. The van der Waals surface area contributed by atoms with Crippen molar-refractivity contribution in [3.05, 3.63) is 0 Å². The molecular weight excluding hydrogens is 172 g/mol. The normalized spacial score (nSPS) is 31.8. The SMILES string of the molecule is CC1(C)OCOCC12COCOC2. The summed E-state index contributed by atoms with van der Waals surface area (Å²) in [5.74, 6) is 0. The third-order valence-electron chi connectivity index (χ3n) is 3.08. The summed E-state index contributed by atoms with van der Waals surface area (Å²) in [6.45, 7) is 6.84. The predicted octanol–water partition coefficient (Wildman–Crippen LogP) is 0.760. The molecule has 0 saturated carbocycles. The quantitative estimate of drug-likeness (QED) is 0.562. The van der Waals surface area contributed by atoms with E-state index in [9.17, 15) is 0 Å². The molecule has 0 aromatic rings. The van der Waals surface area contributed by atoms with Gasteiger partial charge in [-0.25, -0.2) is 0 Å². The highest BCUT2D eigenvalue weighted by Crippen LogP contribution is 2.40. The Kier molecular flexibility index (Phi) is 2.32. The molecule has 0 aliphatic carbocycles. The Labute approximate surface area is 78.1 Å². The fourth-order valence-corrected chi connectivity index (χ4v) is 1.76. The molecule has 2 aliphatic heterocycles. The molecule has 0 unspecified atom stereocenters. The van der Waals surface area contributed by atoms with Gasteiger partial charge < -0.3 is 18.9 Å². The molecule has 0 amide bonds. The van der Waals surface area contributed by atoms with Gasteiger partial charge in [0.25, 0.3) is 0 Å². The molecule has 4 heteroatoms. The lowest BCUT2D eigenvalue weighted by atomic mass is 9.74. The van der Waals surface area contributed by atoms with E-state index in [-0.39, 0.29) is 11.0 Å². The van der Waals surface area contributed by atoms with Gasteiger partial charge in [-0.3, -0.25) is 0 Å². The maximum Gasteiger partial charge on any atom is 0.147 e. The minimum atomic E-state index is -0.230. The first-order valence-corrected chi connectivity index (χ1v) is 4.54. The topological polar surface area (TPSA) is 36.9 Å². The van der Waals surface area contributed by atoms with Crippen molar-refractivity contribution in [3.63, 3.8) is 0 Å². The first kappa shape index (κ1) is 9.40. The summed E-state index contributed by atoms with van der Waals surface area (Å²) >= 11 is 0. The summed E-state index contributed by atoms with van der Waals surface area (Å²) < 4.78 is 21.5. The lowest BCUT2D eigenvalue weighted by Gasteiger charge is -2.50. The second-order valence-corrected chi connectivity index (χ2v) is 4.22. The molecule has 4 nitrogen and oxygen atoms in total. The monoisotopic (exact) mass is 188 g/mol. The van der Waals surface area contributed by atoms with E-state index in [1.54, 1.807) is 0 Å². The summed E-state index contributed by atoms with van der Waals surface area (Å²) in [4.78, 5) is 0. The Hall–Kier alpha value is -0.160. The van der Waals surface area contributed by atoms with E-state index in [1.807, 2.05) is 0 Å². The molecule has 1 spiro atoms. The molecule has 0 aromatic heterocycles. The van der Waals surface area contributed by atoms with Crippen molar-refractivity contribution >= 4 is 0 Å². The molecule has 0 atom stereocenters. The fourth-order valence-electron chi connectivity index (χ4n) is 1.76. The lowest BCUT2D eigenvalue weighted by molar-refractivity contribution is -0.306. The van der Waals surface area contributed by atoms with Crippen LogP contribution in [0.4, 0.5) is 0 Å². The van der Waals surface area contributed by atoms with Gasteiger partial charge in [-0.15, -0.1) is 0 Å². The smallest absolute Gasteiger partial charge is 0.147 e. The van der Waals surface area contributed by atoms with E-state index in [2.05, 4.69) is 13.8 Å². The minimum Gasteiger partial charge on any atom is -0.355 e. The van der Waals surface area contributed by atoms with Crippen molar-refractivity contribution in [2.75, 3.05) is 33.4 Å². The van der Waals surface area contributed by atoms with Gasteiger partial charge in [0.05, 0.1) is 30.8 Å². The Morgan fingerprint density at radius 3 is 1.92 bits per heavy atom. The zero-order valence-electron chi connectivity index (χ0n) is 8.17. The van der Waals surface area contributed by atoms with Crippen LogP contribution in [-0.2, 0) is 18.9 Å². The molecule has 0 aromatic carbocycles. The average molecular weight is 188 g/mol. The van der Waals surface area contributed by atoms with Crippen LogP contribution in [-0.4, -0.2) is 39.0 Å². The van der Waals surface area contributed by atoms with Crippen LogP contribution >= 0.6 is 0 Å². The molecule has 2 saturated heterocycles. The van der Waals surface area contributed by atoms with Crippen LogP contribution in [0.15, 0.2) is 0 Å². The second-order valence-electron chi connectivity index (χ2n) is 4.22. The van der Waals surface area contributed by atoms with Gasteiger partial charge in [-0.2, -0.15) is 0 Å². The van der Waals surface area contributed by atoms with Crippen molar-refractivity contribution in [2.45, 2.75) is 19.4 Å². The maximum absolute atomic E-state index is 5.58. The van der Waals surface area contributed by atoms with E-state index in [1.165, 1.54) is 0 Å². The van der Waals surface area contributed by atoms with Crippen LogP contribution in [0.25, 0.3) is 0 Å². The molecule has 0 radical (unpaired) electrons. The van der Waals surface area contributed by atoms with Gasteiger partial charge in [0, 0.05) is 0 Å². The molecule has 76 valence electrons. The van der Waals surface area contributed by atoms with Crippen LogP contribution in [0.1, 0.15) is 13.8 Å². The average Bonchev–Trinajstić information content (AvgIpc) is 2.12. The van der Waals surface area contributed by atoms with Crippen LogP contribution in [0.5, 0.6) is 0 Å². The van der Waals surface area contributed by atoms with Crippen molar-refractivity contribution in [1.82, 2.24) is 0 Å². The van der Waals surface area contributed by atoms with Gasteiger partial charge in [-0.05, 0) is 13.8 Å². The minimum absolute atomic E-state index is 0.135. The van der Waals surface area contributed by atoms with Gasteiger partial charge in [0.15, 0.2) is 0 Å². The third kappa shape index (κ3) is 1.48. The molecular formula is C9H16O4. The van der Waals surface area contributed by atoms with Crippen LogP contribution < -0.4 is 0 Å². The zero-order valence-corrected chi connectivity index (χ0v) is 8.17. The summed E-state index contributed by atoms with van der Waals surface area (Å²) in [7, 11) is 0. The molecule has 13 heavy (non-hydrogen) atoms. The maximum atomic E-state index is 5.58. The largest absolute Gasteiger partial charge is 0.355 e.